The first kappa shape index (κ1) is 62.6. The number of carbonyl (C=O) groups is 1. The largest absolute Gasteiger partial charge is 0.737 e. The van der Waals surface area contributed by atoms with Crippen LogP contribution in [0.25, 0.3) is 0 Å². The van der Waals surface area contributed by atoms with E-state index in [9.17, 15) is 30.2 Å². The molecule has 54 heavy (non-hydrogen) atoms. The van der Waals surface area contributed by atoms with E-state index in [2.05, 4.69) is 31.4 Å². The smallest absolute Gasteiger partial charge is 0.353 e. The molecule has 0 aliphatic rings. The van der Waals surface area contributed by atoms with Gasteiger partial charge in [0, 0.05) is 76.8 Å². The zero-order valence-corrected chi connectivity index (χ0v) is 37.3. The highest BCUT2D eigenvalue weighted by molar-refractivity contribution is 7.98. The first-order valence-electron chi connectivity index (χ1n) is 17.8. The summed E-state index contributed by atoms with van der Waals surface area (Å²) in [5.74, 6) is 0. The van der Waals surface area contributed by atoms with Crippen LogP contribution in [0.2, 0.25) is 0 Å². The maximum atomic E-state index is 10.8. The van der Waals surface area contributed by atoms with Gasteiger partial charge in [0.15, 0.2) is 11.3 Å². The Morgan fingerprint density at radius 3 is 1.09 bits per heavy atom. The van der Waals surface area contributed by atoms with Gasteiger partial charge in [-0.25, -0.2) is 20.3 Å². The van der Waals surface area contributed by atoms with Crippen molar-refractivity contribution < 1.29 is 30.2 Å². The summed E-state index contributed by atoms with van der Waals surface area (Å²) < 4.78 is 2.60. The van der Waals surface area contributed by atoms with E-state index in [1.807, 2.05) is 125 Å². The van der Waals surface area contributed by atoms with Gasteiger partial charge in [-0.1, -0.05) is 18.7 Å². The van der Waals surface area contributed by atoms with Gasteiger partial charge in [0.25, 0.3) is 0 Å². The van der Waals surface area contributed by atoms with Crippen LogP contribution in [-0.4, -0.2) is 111 Å². The Morgan fingerprint density at radius 2 is 1.02 bits per heavy atom. The molecule has 2 amide bonds. The SMILES string of the molecule is CC(C)N(C(C)C)/[N+]([O-])=N/[O-].CC(C)N(N=O)C(C)C.CC(C)N(NC(=O)NO)C(C)C.CC(C)N(NO)C(C)C.CC(C)SN=O.CC(C)[N+]([O-])=NO. The molecule has 0 spiro atoms. The molecule has 0 aliphatic heterocycles. The van der Waals surface area contributed by atoms with Crippen molar-refractivity contribution in [2.24, 2.45) is 20.4 Å². The minimum absolute atomic E-state index is 0.00907. The first-order valence-corrected chi connectivity index (χ1v) is 18.6. The number of hydrogen-bond acceptors (Lipinski definition) is 16. The van der Waals surface area contributed by atoms with Gasteiger partial charge in [0.05, 0.1) is 17.4 Å². The van der Waals surface area contributed by atoms with Crippen molar-refractivity contribution in [3.05, 3.63) is 25.4 Å². The van der Waals surface area contributed by atoms with Crippen molar-refractivity contribution in [3.63, 3.8) is 0 Å². The lowest BCUT2D eigenvalue weighted by molar-refractivity contribution is -0.704. The van der Waals surface area contributed by atoms with Gasteiger partial charge < -0.3 is 26.0 Å². The fraction of sp³-hybridized carbons (Fsp3) is 0.968. The summed E-state index contributed by atoms with van der Waals surface area (Å²) in [6, 6.07) is 0.567. The lowest BCUT2D eigenvalue weighted by Gasteiger charge is -2.29. The summed E-state index contributed by atoms with van der Waals surface area (Å²) in [6.07, 6.45) is 0. The molecular weight excluding hydrogens is 730 g/mol. The topological polar surface area (TPSA) is 286 Å². The van der Waals surface area contributed by atoms with E-state index in [1.54, 1.807) is 23.9 Å². The summed E-state index contributed by atoms with van der Waals surface area (Å²) in [4.78, 5) is 30.4. The Labute approximate surface area is 328 Å². The number of rotatable bonds is 15. The van der Waals surface area contributed by atoms with Crippen molar-refractivity contribution in [2.75, 3.05) is 0 Å². The molecule has 0 bridgehead atoms. The number of hydroxylamine groups is 2. The number of amides is 2. The van der Waals surface area contributed by atoms with Gasteiger partial charge in [-0.2, -0.15) is 0 Å². The molecule has 0 fully saturated rings. The molecule has 0 heterocycles. The highest BCUT2D eigenvalue weighted by atomic mass is 32.2. The van der Waals surface area contributed by atoms with Gasteiger partial charge in [-0.05, 0) is 116 Å². The van der Waals surface area contributed by atoms with E-state index >= 15 is 0 Å². The molecule has 0 rings (SSSR count). The second-order valence-corrected chi connectivity index (χ2v) is 15.4. The molecule has 326 valence electrons. The predicted octanol–water partition coefficient (Wildman–Crippen LogP) is 7.53. The molecule has 0 radical (unpaired) electrons. The molecule has 22 nitrogen and oxygen atoms in total. The average Bonchev–Trinajstić information content (AvgIpc) is 3.03. The second-order valence-electron chi connectivity index (χ2n) is 14.1. The molecule has 0 saturated heterocycles. The highest BCUT2D eigenvalue weighted by Crippen LogP contribution is 2.08. The van der Waals surface area contributed by atoms with E-state index in [4.69, 9.17) is 15.6 Å². The first-order chi connectivity index (χ1) is 24.6. The molecule has 0 aliphatic carbocycles. The summed E-state index contributed by atoms with van der Waals surface area (Å²) >= 11 is 1.06. The van der Waals surface area contributed by atoms with Crippen molar-refractivity contribution in [2.45, 2.75) is 198 Å². The number of urea groups is 1. The Balaban J connectivity index is -0.000000130. The van der Waals surface area contributed by atoms with Crippen LogP contribution in [0.5, 0.6) is 0 Å². The van der Waals surface area contributed by atoms with E-state index in [0.29, 0.717) is 17.3 Å². The zero-order chi connectivity index (χ0) is 44.5. The fourth-order valence-corrected chi connectivity index (χ4v) is 4.00. The van der Waals surface area contributed by atoms with Crippen LogP contribution in [0.1, 0.15) is 138 Å². The van der Waals surface area contributed by atoms with E-state index in [1.165, 1.54) is 15.5 Å². The summed E-state index contributed by atoms with van der Waals surface area (Å²) in [6.45, 7) is 38.1. The van der Waals surface area contributed by atoms with Gasteiger partial charge in [0.2, 0.25) is 0 Å². The number of nitrogens with zero attached hydrogens (tertiary/aromatic N) is 10. The van der Waals surface area contributed by atoms with E-state index in [0.717, 1.165) is 11.9 Å². The Morgan fingerprint density at radius 1 is 0.648 bits per heavy atom. The highest BCUT2D eigenvalue weighted by Gasteiger charge is 2.19. The van der Waals surface area contributed by atoms with Crippen molar-refractivity contribution in [1.82, 2.24) is 36.5 Å². The molecule has 0 atom stereocenters. The van der Waals surface area contributed by atoms with Gasteiger partial charge >= 0.3 is 6.03 Å². The molecule has 0 unspecified atom stereocenters. The van der Waals surface area contributed by atoms with Crippen LogP contribution >= 0.6 is 11.9 Å². The van der Waals surface area contributed by atoms with Gasteiger partial charge in [-0.15, -0.1) is 20.4 Å². The minimum Gasteiger partial charge on any atom is -0.737 e. The minimum atomic E-state index is -0.614. The number of nitroso groups, excluding NO2 is 2. The molecule has 23 heteroatoms. The third-order valence-corrected chi connectivity index (χ3v) is 6.44. The molecule has 0 aromatic heterocycles. The Hall–Kier alpha value is -3.38. The standard InChI is InChI=1S/C7H17N3O2.C6H15N3O2.C6H16N2O.C6H14N2O.C3H8N2O2.C3H7NOS/c1-5(2)10(6(3)4)8-7(11)9-12;1-5(2)8(6(3)4)9(11)7-10;2*1-5(2)8(7-9)6(3)4;1-3(2)5(7)4-6;1-3(2)6-4-5/h5-6,12H,1-4H3,(H2,8,9,11);5-6,10H,1-4H3;5-7,9H,1-4H3;5-6H,1-4H3;3,6H,1-2H3;3H,1-2H3/p-1/b;9-7-;;;;. The Kier molecular flexibility index (Phi) is 44.0. The average molecular weight is 807 g/mol. The number of hydrazine groups is 3. The molecule has 0 aromatic carbocycles. The maximum absolute atomic E-state index is 10.8. The molecule has 6 N–H and O–H groups in total. The third-order valence-electron chi connectivity index (χ3n) is 5.93. The van der Waals surface area contributed by atoms with Gasteiger partial charge in [-0.3, -0.25) is 15.6 Å². The monoisotopic (exact) mass is 807 g/mol. The summed E-state index contributed by atoms with van der Waals surface area (Å²) in [7, 11) is 0. The fourth-order valence-electron chi connectivity index (χ4n) is 3.83. The molecular formula is C31H76N13O9S-. The number of hydrogen-bond donors (Lipinski definition) is 6. The van der Waals surface area contributed by atoms with Crippen LogP contribution in [0.4, 0.5) is 4.79 Å². The van der Waals surface area contributed by atoms with Crippen LogP contribution in [0.15, 0.2) is 20.4 Å². The van der Waals surface area contributed by atoms with E-state index in [-0.39, 0.29) is 52.1 Å². The van der Waals surface area contributed by atoms with Crippen LogP contribution in [0.3, 0.4) is 0 Å². The Bertz CT molecular complexity index is 928. The van der Waals surface area contributed by atoms with Crippen LogP contribution < -0.4 is 16.5 Å². The lowest BCUT2D eigenvalue weighted by Crippen LogP contribution is -2.52. The summed E-state index contributed by atoms with van der Waals surface area (Å²) in [5.41, 5.74) is 6.15. The molecule has 0 saturated carbocycles. The lowest BCUT2D eigenvalue weighted by atomic mass is 10.3. The third kappa shape index (κ3) is 38.3. The van der Waals surface area contributed by atoms with Crippen LogP contribution in [0, 0.1) is 25.4 Å². The molecule has 0 aromatic rings. The maximum Gasteiger partial charge on any atom is 0.353 e. The zero-order valence-electron chi connectivity index (χ0n) is 36.4. The second kappa shape index (κ2) is 37.9. The normalized spacial score (nSPS) is 11.4. The number of carbonyl (C=O) groups excluding carboxylic acids is 1. The number of nitrogens with one attached hydrogen (secondary N) is 3. The van der Waals surface area contributed by atoms with Gasteiger partial charge in [0.1, 0.15) is 0 Å². The summed E-state index contributed by atoms with van der Waals surface area (Å²) in [5, 5.41) is 69.4. The predicted molar refractivity (Wildman–Crippen MR) is 214 cm³/mol. The quantitative estimate of drug-likeness (QED) is 0.0233. The van der Waals surface area contributed by atoms with Crippen molar-refractivity contribution in [3.8, 4) is 0 Å². The van der Waals surface area contributed by atoms with Crippen molar-refractivity contribution in [1.29, 1.82) is 0 Å². The van der Waals surface area contributed by atoms with Crippen molar-refractivity contribution >= 4 is 18.0 Å². The van der Waals surface area contributed by atoms with E-state index < -0.39 is 6.03 Å². The van der Waals surface area contributed by atoms with Crippen LogP contribution in [-0.2, 0) is 0 Å².